The summed E-state index contributed by atoms with van der Waals surface area (Å²) in [4.78, 5) is 13.9. The highest BCUT2D eigenvalue weighted by atomic mass is 16.3. The zero-order valence-electron chi connectivity index (χ0n) is 9.36. The SMILES string of the molecule is Cc1c[nH]c2c(-c3ccc(C=O)o3)cccc12. The second-order valence-electron chi connectivity index (χ2n) is 4.02. The molecule has 0 amide bonds. The summed E-state index contributed by atoms with van der Waals surface area (Å²) in [5.74, 6) is 1.06. The van der Waals surface area contributed by atoms with E-state index in [4.69, 9.17) is 4.42 Å². The van der Waals surface area contributed by atoms with Gasteiger partial charge in [-0.15, -0.1) is 0 Å². The summed E-state index contributed by atoms with van der Waals surface area (Å²) < 4.78 is 5.45. The fourth-order valence-electron chi connectivity index (χ4n) is 2.06. The van der Waals surface area contributed by atoms with Gasteiger partial charge in [-0.05, 0) is 30.7 Å². The third-order valence-corrected chi connectivity index (χ3v) is 2.93. The maximum absolute atomic E-state index is 10.6. The lowest BCUT2D eigenvalue weighted by Gasteiger charge is -1.99. The number of H-pyrrole nitrogens is 1. The zero-order valence-corrected chi connectivity index (χ0v) is 9.36. The number of aromatic amines is 1. The molecule has 17 heavy (non-hydrogen) atoms. The standard InChI is InChI=1S/C14H11NO2/c1-9-7-15-14-11(9)3-2-4-12(14)13-6-5-10(8-16)17-13/h2-8,15H,1H3. The van der Waals surface area contributed by atoms with Crippen molar-refractivity contribution in [2.75, 3.05) is 0 Å². The van der Waals surface area contributed by atoms with Crippen LogP contribution in [0.2, 0.25) is 0 Å². The van der Waals surface area contributed by atoms with Crippen LogP contribution < -0.4 is 0 Å². The van der Waals surface area contributed by atoms with Crippen LogP contribution in [0.3, 0.4) is 0 Å². The van der Waals surface area contributed by atoms with Crippen molar-refractivity contribution in [2.45, 2.75) is 6.92 Å². The van der Waals surface area contributed by atoms with Gasteiger partial charge in [-0.2, -0.15) is 0 Å². The van der Waals surface area contributed by atoms with Gasteiger partial charge in [0, 0.05) is 17.1 Å². The number of hydrogen-bond acceptors (Lipinski definition) is 2. The van der Waals surface area contributed by atoms with Crippen molar-refractivity contribution < 1.29 is 9.21 Å². The normalized spacial score (nSPS) is 10.9. The third-order valence-electron chi connectivity index (χ3n) is 2.93. The first-order chi connectivity index (χ1) is 8.29. The van der Waals surface area contributed by atoms with Crippen LogP contribution in [-0.2, 0) is 0 Å². The number of furan rings is 1. The Morgan fingerprint density at radius 1 is 1.24 bits per heavy atom. The lowest BCUT2D eigenvalue weighted by molar-refractivity contribution is 0.110. The molecule has 0 atom stereocenters. The lowest BCUT2D eigenvalue weighted by atomic mass is 10.1. The minimum atomic E-state index is 0.347. The number of carbonyl (C=O) groups is 1. The molecule has 0 saturated carbocycles. The molecule has 3 heteroatoms. The van der Waals surface area contributed by atoms with Crippen LogP contribution in [0.5, 0.6) is 0 Å². The van der Waals surface area contributed by atoms with E-state index >= 15 is 0 Å². The topological polar surface area (TPSA) is 46.0 Å². The van der Waals surface area contributed by atoms with E-state index in [-0.39, 0.29) is 0 Å². The van der Waals surface area contributed by atoms with Gasteiger partial charge in [-0.1, -0.05) is 12.1 Å². The van der Waals surface area contributed by atoms with Gasteiger partial charge in [-0.25, -0.2) is 0 Å². The van der Waals surface area contributed by atoms with Gasteiger partial charge in [0.15, 0.2) is 12.0 Å². The highest BCUT2D eigenvalue weighted by Gasteiger charge is 2.10. The summed E-state index contributed by atoms with van der Waals surface area (Å²) >= 11 is 0. The molecule has 0 aliphatic carbocycles. The van der Waals surface area contributed by atoms with Crippen LogP contribution in [0, 0.1) is 6.92 Å². The molecular weight excluding hydrogens is 214 g/mol. The number of rotatable bonds is 2. The Balaban J connectivity index is 2.26. The number of aldehydes is 1. The minimum absolute atomic E-state index is 0.347. The number of aromatic nitrogens is 1. The maximum Gasteiger partial charge on any atom is 0.185 e. The molecule has 0 aliphatic heterocycles. The van der Waals surface area contributed by atoms with Crippen molar-refractivity contribution in [3.63, 3.8) is 0 Å². The lowest BCUT2D eigenvalue weighted by Crippen LogP contribution is -1.77. The maximum atomic E-state index is 10.6. The molecule has 0 unspecified atom stereocenters. The van der Waals surface area contributed by atoms with E-state index in [1.165, 1.54) is 10.9 Å². The van der Waals surface area contributed by atoms with E-state index in [1.54, 1.807) is 6.07 Å². The molecular formula is C14H11NO2. The van der Waals surface area contributed by atoms with Crippen LogP contribution in [0.4, 0.5) is 0 Å². The molecule has 1 aromatic carbocycles. The molecule has 0 saturated heterocycles. The van der Waals surface area contributed by atoms with E-state index in [0.29, 0.717) is 17.8 Å². The first kappa shape index (κ1) is 9.90. The van der Waals surface area contributed by atoms with Crippen molar-refractivity contribution in [3.8, 4) is 11.3 Å². The molecule has 2 aromatic heterocycles. The Morgan fingerprint density at radius 2 is 2.12 bits per heavy atom. The van der Waals surface area contributed by atoms with E-state index in [2.05, 4.69) is 18.0 Å². The number of para-hydroxylation sites is 1. The first-order valence-corrected chi connectivity index (χ1v) is 5.41. The Hall–Kier alpha value is -2.29. The van der Waals surface area contributed by atoms with E-state index in [1.807, 2.05) is 24.4 Å². The average Bonchev–Trinajstić information content (AvgIpc) is 2.96. The summed E-state index contributed by atoms with van der Waals surface area (Å²) in [6.45, 7) is 2.06. The second-order valence-corrected chi connectivity index (χ2v) is 4.02. The molecule has 0 radical (unpaired) electrons. The predicted octanol–water partition coefficient (Wildman–Crippen LogP) is 3.55. The third kappa shape index (κ3) is 1.47. The van der Waals surface area contributed by atoms with Crippen LogP contribution in [0.1, 0.15) is 16.1 Å². The first-order valence-electron chi connectivity index (χ1n) is 5.41. The molecule has 1 N–H and O–H groups in total. The minimum Gasteiger partial charge on any atom is -0.453 e. The Morgan fingerprint density at radius 3 is 2.88 bits per heavy atom. The Bertz CT molecular complexity index is 691. The summed E-state index contributed by atoms with van der Waals surface area (Å²) in [5.41, 5.74) is 3.21. The van der Waals surface area contributed by atoms with Crippen molar-refractivity contribution in [3.05, 3.63) is 47.9 Å². The largest absolute Gasteiger partial charge is 0.453 e. The van der Waals surface area contributed by atoms with Crippen molar-refractivity contribution in [1.29, 1.82) is 0 Å². The van der Waals surface area contributed by atoms with Crippen LogP contribution >= 0.6 is 0 Å². The average molecular weight is 225 g/mol. The van der Waals surface area contributed by atoms with E-state index < -0.39 is 0 Å². The summed E-state index contributed by atoms with van der Waals surface area (Å²) in [6.07, 6.45) is 2.68. The van der Waals surface area contributed by atoms with Crippen molar-refractivity contribution in [1.82, 2.24) is 4.98 Å². The number of aryl methyl sites for hydroxylation is 1. The molecule has 0 spiro atoms. The highest BCUT2D eigenvalue weighted by Crippen LogP contribution is 2.30. The summed E-state index contributed by atoms with van der Waals surface area (Å²) in [6, 6.07) is 9.52. The Labute approximate surface area is 98.1 Å². The monoisotopic (exact) mass is 225 g/mol. The smallest absolute Gasteiger partial charge is 0.185 e. The molecule has 0 fully saturated rings. The quantitative estimate of drug-likeness (QED) is 0.678. The molecule has 3 rings (SSSR count). The van der Waals surface area contributed by atoms with Crippen LogP contribution in [-0.4, -0.2) is 11.3 Å². The van der Waals surface area contributed by atoms with Gasteiger partial charge in [0.1, 0.15) is 5.76 Å². The van der Waals surface area contributed by atoms with Gasteiger partial charge < -0.3 is 9.40 Å². The summed E-state index contributed by atoms with van der Waals surface area (Å²) in [7, 11) is 0. The van der Waals surface area contributed by atoms with Crippen LogP contribution in [0.15, 0.2) is 40.9 Å². The predicted molar refractivity (Wildman–Crippen MR) is 66.1 cm³/mol. The van der Waals surface area contributed by atoms with Crippen molar-refractivity contribution in [2.24, 2.45) is 0 Å². The van der Waals surface area contributed by atoms with Gasteiger partial charge in [0.05, 0.1) is 5.52 Å². The highest BCUT2D eigenvalue weighted by molar-refractivity contribution is 5.95. The van der Waals surface area contributed by atoms with Gasteiger partial charge in [0.25, 0.3) is 0 Å². The fraction of sp³-hybridized carbons (Fsp3) is 0.0714. The number of nitrogens with one attached hydrogen (secondary N) is 1. The van der Waals surface area contributed by atoms with Gasteiger partial charge in [0.2, 0.25) is 0 Å². The van der Waals surface area contributed by atoms with Crippen LogP contribution in [0.25, 0.3) is 22.2 Å². The zero-order chi connectivity index (χ0) is 11.8. The molecule has 3 aromatic rings. The molecule has 2 heterocycles. The molecule has 0 aliphatic rings. The fourth-order valence-corrected chi connectivity index (χ4v) is 2.06. The van der Waals surface area contributed by atoms with E-state index in [0.717, 1.165) is 11.1 Å². The van der Waals surface area contributed by atoms with E-state index in [9.17, 15) is 4.79 Å². The number of hydrogen-bond donors (Lipinski definition) is 1. The van der Waals surface area contributed by atoms with Gasteiger partial charge >= 0.3 is 0 Å². The van der Waals surface area contributed by atoms with Gasteiger partial charge in [-0.3, -0.25) is 4.79 Å². The van der Waals surface area contributed by atoms with Crippen molar-refractivity contribution >= 4 is 17.2 Å². The summed E-state index contributed by atoms with van der Waals surface area (Å²) in [5, 5.41) is 1.17. The Kier molecular flexibility index (Phi) is 2.11. The number of carbonyl (C=O) groups excluding carboxylic acids is 1. The number of benzene rings is 1. The second kappa shape index (κ2) is 3.63. The molecule has 3 nitrogen and oxygen atoms in total. The molecule has 0 bridgehead atoms. The molecule has 84 valence electrons. The number of fused-ring (bicyclic) bond motifs is 1.